The van der Waals surface area contributed by atoms with Crippen LogP contribution in [0.5, 0.6) is 0 Å². The van der Waals surface area contributed by atoms with Crippen LogP contribution < -0.4 is 0 Å². The molecule has 0 aromatic heterocycles. The fraction of sp³-hybridized carbons (Fsp3) is 0.176. The van der Waals surface area contributed by atoms with E-state index in [2.05, 4.69) is 4.74 Å². The monoisotopic (exact) mass is 290 g/mol. The minimum absolute atomic E-state index is 0.0891. The average molecular weight is 290 g/mol. The van der Waals surface area contributed by atoms with Gasteiger partial charge in [0.15, 0.2) is 0 Å². The highest BCUT2D eigenvalue weighted by molar-refractivity contribution is 5.68. The maximum Gasteiger partial charge on any atom is 0.379 e. The lowest BCUT2D eigenvalue weighted by molar-refractivity contribution is -0.316. The van der Waals surface area contributed by atoms with Crippen molar-refractivity contribution < 1.29 is 17.9 Å². The first-order valence-electron chi connectivity index (χ1n) is 6.58. The second-order valence-corrected chi connectivity index (χ2v) is 4.97. The number of alkyl halides is 3. The van der Waals surface area contributed by atoms with Crippen LogP contribution >= 0.6 is 0 Å². The van der Waals surface area contributed by atoms with Crippen molar-refractivity contribution in [2.24, 2.45) is 0 Å². The molecule has 1 heterocycles. The Kier molecular flexibility index (Phi) is 3.33. The van der Waals surface area contributed by atoms with Gasteiger partial charge in [-0.1, -0.05) is 60.7 Å². The summed E-state index contributed by atoms with van der Waals surface area (Å²) in [5.74, 6) is -2.54. The van der Waals surface area contributed by atoms with E-state index in [-0.39, 0.29) is 17.6 Å². The molecule has 0 radical (unpaired) electrons. The molecule has 0 aliphatic carbocycles. The van der Waals surface area contributed by atoms with Crippen LogP contribution in [-0.4, -0.2) is 6.11 Å². The molecule has 0 N–H and O–H groups in total. The summed E-state index contributed by atoms with van der Waals surface area (Å²) in [7, 11) is 0. The van der Waals surface area contributed by atoms with Gasteiger partial charge in [0.05, 0.1) is 0 Å². The van der Waals surface area contributed by atoms with E-state index in [9.17, 15) is 13.2 Å². The fourth-order valence-electron chi connectivity index (χ4n) is 2.47. The molecule has 0 saturated heterocycles. The molecular weight excluding hydrogens is 277 g/mol. The Labute approximate surface area is 120 Å². The van der Waals surface area contributed by atoms with Crippen LogP contribution in [0.25, 0.3) is 5.57 Å². The molecule has 1 atom stereocenters. The Morgan fingerprint density at radius 1 is 0.810 bits per heavy atom. The second-order valence-electron chi connectivity index (χ2n) is 4.97. The van der Waals surface area contributed by atoms with Crippen molar-refractivity contribution in [3.8, 4) is 0 Å². The molecule has 0 spiro atoms. The molecule has 1 unspecified atom stereocenters. The highest BCUT2D eigenvalue weighted by Crippen LogP contribution is 2.46. The van der Waals surface area contributed by atoms with Crippen LogP contribution in [0.1, 0.15) is 17.5 Å². The topological polar surface area (TPSA) is 9.23 Å². The molecule has 2 aromatic carbocycles. The van der Waals surface area contributed by atoms with E-state index in [1.807, 2.05) is 0 Å². The van der Waals surface area contributed by atoms with E-state index in [4.69, 9.17) is 0 Å². The number of ether oxygens (including phenoxy) is 1. The maximum absolute atomic E-state index is 15.0. The van der Waals surface area contributed by atoms with Crippen LogP contribution in [0.4, 0.5) is 13.2 Å². The average Bonchev–Trinajstić information content (AvgIpc) is 2.47. The summed E-state index contributed by atoms with van der Waals surface area (Å²) < 4.78 is 47.0. The number of hydrogen-bond acceptors (Lipinski definition) is 1. The number of halogens is 3. The minimum Gasteiger partial charge on any atom is -0.275 e. The summed E-state index contributed by atoms with van der Waals surface area (Å²) in [5, 5.41) is 0. The zero-order chi connectivity index (χ0) is 14.9. The van der Waals surface area contributed by atoms with Gasteiger partial charge in [0, 0.05) is 18.1 Å². The van der Waals surface area contributed by atoms with Crippen molar-refractivity contribution in [1.29, 1.82) is 0 Å². The Morgan fingerprint density at radius 2 is 1.38 bits per heavy atom. The van der Waals surface area contributed by atoms with Gasteiger partial charge in [-0.05, 0) is 11.1 Å². The van der Waals surface area contributed by atoms with E-state index in [0.717, 1.165) is 0 Å². The molecule has 0 bridgehead atoms. The third kappa shape index (κ3) is 2.85. The third-order valence-corrected chi connectivity index (χ3v) is 3.41. The summed E-state index contributed by atoms with van der Waals surface area (Å²) >= 11 is 0. The lowest BCUT2D eigenvalue weighted by atomic mass is 9.92. The Hall–Kier alpha value is -2.07. The predicted molar refractivity (Wildman–Crippen MR) is 74.3 cm³/mol. The fourth-order valence-corrected chi connectivity index (χ4v) is 2.47. The molecule has 2 aromatic rings. The first-order valence-corrected chi connectivity index (χ1v) is 6.58. The number of benzene rings is 2. The van der Waals surface area contributed by atoms with Crippen molar-refractivity contribution in [2.45, 2.75) is 18.4 Å². The van der Waals surface area contributed by atoms with Gasteiger partial charge in [-0.2, -0.15) is 8.78 Å². The highest BCUT2D eigenvalue weighted by atomic mass is 19.3. The molecule has 4 heteroatoms. The zero-order valence-electron chi connectivity index (χ0n) is 11.1. The van der Waals surface area contributed by atoms with E-state index in [1.54, 1.807) is 48.5 Å². The highest BCUT2D eigenvalue weighted by Gasteiger charge is 2.48. The van der Waals surface area contributed by atoms with E-state index >= 15 is 0 Å². The quantitative estimate of drug-likeness (QED) is 0.764. The Bertz CT molecular complexity index is 652. The molecule has 0 amide bonds. The third-order valence-electron chi connectivity index (χ3n) is 3.41. The molecule has 0 saturated carbocycles. The minimum atomic E-state index is -3.64. The molecule has 1 nitrogen and oxygen atoms in total. The summed E-state index contributed by atoms with van der Waals surface area (Å²) in [6.45, 7) is 0. The van der Waals surface area contributed by atoms with Crippen molar-refractivity contribution in [1.82, 2.24) is 0 Å². The van der Waals surface area contributed by atoms with E-state index < -0.39 is 12.0 Å². The maximum atomic E-state index is 15.0. The standard InChI is InChI=1S/C17H13F3O/c18-16(15-9-5-2-6-10-15)11-14(12-17(19,20)21-16)13-7-3-1-4-8-13/h1-10,12H,11H2. The Morgan fingerprint density at radius 3 is 2.00 bits per heavy atom. The van der Waals surface area contributed by atoms with E-state index in [0.29, 0.717) is 11.6 Å². The van der Waals surface area contributed by atoms with Crippen molar-refractivity contribution in [2.75, 3.05) is 0 Å². The second kappa shape index (κ2) is 5.04. The summed E-state index contributed by atoms with van der Waals surface area (Å²) in [4.78, 5) is 0. The molecule has 0 fully saturated rings. The van der Waals surface area contributed by atoms with Gasteiger partial charge in [-0.25, -0.2) is 4.39 Å². The van der Waals surface area contributed by atoms with Gasteiger partial charge in [0.2, 0.25) is 5.85 Å². The molecule has 1 aliphatic heterocycles. The molecule has 108 valence electrons. The first-order chi connectivity index (χ1) is 9.99. The van der Waals surface area contributed by atoms with Gasteiger partial charge in [-0.3, -0.25) is 4.74 Å². The SMILES string of the molecule is FC1(F)C=C(c2ccccc2)CC(F)(c2ccccc2)O1. The van der Waals surface area contributed by atoms with Crippen LogP contribution in [0.3, 0.4) is 0 Å². The van der Waals surface area contributed by atoms with Gasteiger partial charge in [0.1, 0.15) is 0 Å². The molecule has 1 aliphatic rings. The predicted octanol–water partition coefficient (Wildman–Crippen LogP) is 4.91. The number of hydrogen-bond donors (Lipinski definition) is 0. The summed E-state index contributed by atoms with van der Waals surface area (Å²) in [5.41, 5.74) is 0.892. The Balaban J connectivity index is 2.03. The summed E-state index contributed by atoms with van der Waals surface area (Å²) in [6, 6.07) is 16.4. The van der Waals surface area contributed by atoms with Crippen LogP contribution in [0, 0.1) is 0 Å². The first kappa shape index (κ1) is 13.9. The van der Waals surface area contributed by atoms with E-state index in [1.165, 1.54) is 12.1 Å². The summed E-state index contributed by atoms with van der Waals surface area (Å²) in [6.07, 6.45) is -3.21. The molecular formula is C17H13F3O. The van der Waals surface area contributed by atoms with Crippen LogP contribution in [-0.2, 0) is 10.6 Å². The van der Waals surface area contributed by atoms with Crippen LogP contribution in [0.2, 0.25) is 0 Å². The zero-order valence-corrected chi connectivity index (χ0v) is 11.1. The number of rotatable bonds is 2. The largest absolute Gasteiger partial charge is 0.379 e. The van der Waals surface area contributed by atoms with Crippen molar-refractivity contribution in [3.63, 3.8) is 0 Å². The molecule has 21 heavy (non-hydrogen) atoms. The normalized spacial score (nSPS) is 24.4. The van der Waals surface area contributed by atoms with Crippen molar-refractivity contribution in [3.05, 3.63) is 77.9 Å². The van der Waals surface area contributed by atoms with Gasteiger partial charge in [-0.15, -0.1) is 0 Å². The van der Waals surface area contributed by atoms with Crippen LogP contribution in [0.15, 0.2) is 66.7 Å². The lowest BCUT2D eigenvalue weighted by Gasteiger charge is -2.34. The lowest BCUT2D eigenvalue weighted by Crippen LogP contribution is -2.37. The van der Waals surface area contributed by atoms with Gasteiger partial charge < -0.3 is 0 Å². The smallest absolute Gasteiger partial charge is 0.275 e. The van der Waals surface area contributed by atoms with Gasteiger partial charge in [0.25, 0.3) is 0 Å². The van der Waals surface area contributed by atoms with Crippen molar-refractivity contribution >= 4 is 5.57 Å². The molecule has 3 rings (SSSR count). The van der Waals surface area contributed by atoms with Gasteiger partial charge >= 0.3 is 6.11 Å².